The van der Waals surface area contributed by atoms with E-state index >= 15 is 0 Å². The first-order valence-electron chi connectivity index (χ1n) is 10.1. The van der Waals surface area contributed by atoms with Crippen LogP contribution in [0.2, 0.25) is 0 Å². The molecule has 6 heteroatoms. The van der Waals surface area contributed by atoms with E-state index < -0.39 is 0 Å². The third-order valence-corrected chi connectivity index (χ3v) is 5.96. The zero-order valence-electron chi connectivity index (χ0n) is 16.1. The number of hydrogen-bond acceptors (Lipinski definition) is 3. The molecule has 0 spiro atoms. The molecule has 0 unspecified atom stereocenters. The van der Waals surface area contributed by atoms with Crippen molar-refractivity contribution >= 4 is 11.8 Å². The van der Waals surface area contributed by atoms with Crippen LogP contribution in [-0.2, 0) is 16.1 Å². The molecule has 27 heavy (non-hydrogen) atoms. The van der Waals surface area contributed by atoms with Gasteiger partial charge in [0.15, 0.2) is 0 Å². The number of nitrogens with one attached hydrogen (secondary N) is 1. The smallest absolute Gasteiger partial charge is 0.225 e. The Balaban J connectivity index is 1.41. The standard InChI is InChI=1S/C21H30FN3O2/c1-2-24-11-13-25(14-12-24)21(27)18-7-5-17(6-8-18)20(26)23-15-16-3-9-19(22)10-4-16/h3-4,9-10,17-18H,2,5-8,11-15H2,1H3,(H,23,26). The maximum absolute atomic E-state index is 12.9. The molecule has 148 valence electrons. The van der Waals surface area contributed by atoms with Gasteiger partial charge in [0.1, 0.15) is 5.82 Å². The highest BCUT2D eigenvalue weighted by Crippen LogP contribution is 2.30. The first kappa shape index (κ1) is 19.8. The average Bonchev–Trinajstić information content (AvgIpc) is 2.73. The topological polar surface area (TPSA) is 52.7 Å². The molecule has 0 aromatic heterocycles. The summed E-state index contributed by atoms with van der Waals surface area (Å²) < 4.78 is 12.9. The molecule has 3 rings (SSSR count). The Bertz CT molecular complexity index is 633. The Morgan fingerprint density at radius 3 is 2.19 bits per heavy atom. The summed E-state index contributed by atoms with van der Waals surface area (Å²) in [7, 11) is 0. The van der Waals surface area contributed by atoms with Crippen LogP contribution in [0.5, 0.6) is 0 Å². The van der Waals surface area contributed by atoms with Gasteiger partial charge in [0, 0.05) is 44.6 Å². The Morgan fingerprint density at radius 1 is 1.00 bits per heavy atom. The minimum atomic E-state index is -0.274. The molecule has 1 saturated heterocycles. The van der Waals surface area contributed by atoms with E-state index in [0.717, 1.165) is 64.0 Å². The molecule has 0 bridgehead atoms. The van der Waals surface area contributed by atoms with E-state index in [1.54, 1.807) is 12.1 Å². The third kappa shape index (κ3) is 5.28. The maximum Gasteiger partial charge on any atom is 0.225 e. The Labute approximate surface area is 160 Å². The number of benzene rings is 1. The number of amides is 2. The monoisotopic (exact) mass is 375 g/mol. The number of hydrogen-bond donors (Lipinski definition) is 1. The fourth-order valence-corrected chi connectivity index (χ4v) is 4.08. The van der Waals surface area contributed by atoms with Crippen LogP contribution in [-0.4, -0.2) is 54.3 Å². The normalized spacial score (nSPS) is 23.9. The van der Waals surface area contributed by atoms with Gasteiger partial charge in [0.25, 0.3) is 0 Å². The van der Waals surface area contributed by atoms with Gasteiger partial charge in [-0.1, -0.05) is 19.1 Å². The van der Waals surface area contributed by atoms with Crippen LogP contribution in [0.25, 0.3) is 0 Å². The fraction of sp³-hybridized carbons (Fsp3) is 0.619. The summed E-state index contributed by atoms with van der Waals surface area (Å²) in [5.74, 6) is 0.0904. The molecule has 1 aliphatic heterocycles. The summed E-state index contributed by atoms with van der Waals surface area (Å²) in [6, 6.07) is 6.17. The highest BCUT2D eigenvalue weighted by atomic mass is 19.1. The molecule has 5 nitrogen and oxygen atoms in total. The van der Waals surface area contributed by atoms with Crippen molar-refractivity contribution in [1.29, 1.82) is 0 Å². The van der Waals surface area contributed by atoms with Gasteiger partial charge in [0.2, 0.25) is 11.8 Å². The van der Waals surface area contributed by atoms with Crippen molar-refractivity contribution in [3.63, 3.8) is 0 Å². The van der Waals surface area contributed by atoms with Crippen LogP contribution in [0, 0.1) is 17.7 Å². The molecule has 2 aliphatic rings. The lowest BCUT2D eigenvalue weighted by atomic mass is 9.80. The lowest BCUT2D eigenvalue weighted by Gasteiger charge is -2.37. The largest absolute Gasteiger partial charge is 0.352 e. The quantitative estimate of drug-likeness (QED) is 0.860. The number of rotatable bonds is 5. The van der Waals surface area contributed by atoms with Crippen molar-refractivity contribution in [2.75, 3.05) is 32.7 Å². The van der Waals surface area contributed by atoms with Crippen molar-refractivity contribution in [1.82, 2.24) is 15.1 Å². The van der Waals surface area contributed by atoms with Crippen LogP contribution in [0.3, 0.4) is 0 Å². The summed E-state index contributed by atoms with van der Waals surface area (Å²) in [6.45, 7) is 7.18. The zero-order valence-corrected chi connectivity index (χ0v) is 16.1. The highest BCUT2D eigenvalue weighted by molar-refractivity contribution is 5.81. The van der Waals surface area contributed by atoms with Gasteiger partial charge in [0.05, 0.1) is 0 Å². The van der Waals surface area contributed by atoms with Gasteiger partial charge in [-0.2, -0.15) is 0 Å². The Kier molecular flexibility index (Phi) is 6.83. The predicted molar refractivity (Wildman–Crippen MR) is 102 cm³/mol. The molecular weight excluding hydrogens is 345 g/mol. The SMILES string of the molecule is CCN1CCN(C(=O)C2CCC(C(=O)NCc3ccc(F)cc3)CC2)CC1. The van der Waals surface area contributed by atoms with Gasteiger partial charge in [-0.15, -0.1) is 0 Å². The number of piperazine rings is 1. The molecule has 1 aromatic carbocycles. The van der Waals surface area contributed by atoms with E-state index in [2.05, 4.69) is 17.1 Å². The summed E-state index contributed by atoms with van der Waals surface area (Å²) in [6.07, 6.45) is 3.12. The van der Waals surface area contributed by atoms with Crippen LogP contribution in [0.1, 0.15) is 38.2 Å². The Hall–Kier alpha value is -1.95. The van der Waals surface area contributed by atoms with Crippen LogP contribution in [0.4, 0.5) is 4.39 Å². The van der Waals surface area contributed by atoms with Gasteiger partial charge < -0.3 is 15.1 Å². The van der Waals surface area contributed by atoms with E-state index in [-0.39, 0.29) is 29.5 Å². The summed E-state index contributed by atoms with van der Waals surface area (Å²) in [4.78, 5) is 29.5. The van der Waals surface area contributed by atoms with E-state index in [0.29, 0.717) is 6.54 Å². The summed E-state index contributed by atoms with van der Waals surface area (Å²) >= 11 is 0. The lowest BCUT2D eigenvalue weighted by molar-refractivity contribution is -0.140. The van der Waals surface area contributed by atoms with E-state index in [1.165, 1.54) is 12.1 Å². The summed E-state index contributed by atoms with van der Waals surface area (Å²) in [5, 5.41) is 2.94. The second kappa shape index (κ2) is 9.31. The molecule has 0 atom stereocenters. The molecule has 1 N–H and O–H groups in total. The molecular formula is C21H30FN3O2. The number of likely N-dealkylation sites (N-methyl/N-ethyl adjacent to an activating group) is 1. The van der Waals surface area contributed by atoms with Crippen LogP contribution >= 0.6 is 0 Å². The first-order chi connectivity index (χ1) is 13.1. The molecule has 2 fully saturated rings. The average molecular weight is 375 g/mol. The molecule has 1 saturated carbocycles. The Morgan fingerprint density at radius 2 is 1.59 bits per heavy atom. The molecule has 1 aliphatic carbocycles. The van der Waals surface area contributed by atoms with E-state index in [4.69, 9.17) is 0 Å². The first-order valence-corrected chi connectivity index (χ1v) is 10.1. The van der Waals surface area contributed by atoms with Crippen molar-refractivity contribution < 1.29 is 14.0 Å². The minimum absolute atomic E-state index is 0.0218. The van der Waals surface area contributed by atoms with Gasteiger partial charge in [-0.3, -0.25) is 9.59 Å². The van der Waals surface area contributed by atoms with E-state index in [9.17, 15) is 14.0 Å². The molecule has 2 amide bonds. The fourth-order valence-electron chi connectivity index (χ4n) is 4.08. The molecule has 0 radical (unpaired) electrons. The van der Waals surface area contributed by atoms with Gasteiger partial charge in [-0.05, 0) is 49.9 Å². The van der Waals surface area contributed by atoms with Crippen molar-refractivity contribution in [2.45, 2.75) is 39.2 Å². The molecule has 1 heterocycles. The van der Waals surface area contributed by atoms with Crippen LogP contribution < -0.4 is 5.32 Å². The van der Waals surface area contributed by atoms with Crippen molar-refractivity contribution in [3.8, 4) is 0 Å². The number of carbonyl (C=O) groups excluding carboxylic acids is 2. The van der Waals surface area contributed by atoms with Crippen molar-refractivity contribution in [3.05, 3.63) is 35.6 Å². The summed E-state index contributed by atoms with van der Waals surface area (Å²) in [5.41, 5.74) is 0.889. The van der Waals surface area contributed by atoms with Crippen LogP contribution in [0.15, 0.2) is 24.3 Å². The minimum Gasteiger partial charge on any atom is -0.352 e. The van der Waals surface area contributed by atoms with Gasteiger partial charge >= 0.3 is 0 Å². The zero-order chi connectivity index (χ0) is 19.2. The van der Waals surface area contributed by atoms with Gasteiger partial charge in [-0.25, -0.2) is 4.39 Å². The highest BCUT2D eigenvalue weighted by Gasteiger charge is 2.33. The molecule has 1 aromatic rings. The number of carbonyl (C=O) groups is 2. The van der Waals surface area contributed by atoms with Crippen molar-refractivity contribution in [2.24, 2.45) is 11.8 Å². The maximum atomic E-state index is 12.9. The predicted octanol–water partition coefficient (Wildman–Crippen LogP) is 2.41. The third-order valence-electron chi connectivity index (χ3n) is 5.96. The number of nitrogens with zero attached hydrogens (tertiary/aromatic N) is 2. The second-order valence-electron chi connectivity index (χ2n) is 7.65. The number of halogens is 1. The second-order valence-corrected chi connectivity index (χ2v) is 7.65. The van der Waals surface area contributed by atoms with E-state index in [1.807, 2.05) is 4.90 Å². The lowest BCUT2D eigenvalue weighted by Crippen LogP contribution is -2.50.